The molecule has 1 aliphatic heterocycles. The number of hydrogen-bond donors (Lipinski definition) is 0. The molecule has 2 rings (SSSR count). The van der Waals surface area contributed by atoms with Crippen molar-refractivity contribution in [2.45, 2.75) is 19.4 Å². The van der Waals surface area contributed by atoms with E-state index in [1.807, 2.05) is 24.0 Å². The first-order valence-electron chi connectivity index (χ1n) is 6.72. The largest absolute Gasteiger partial charge is 0.467 e. The van der Waals surface area contributed by atoms with Crippen LogP contribution in [0, 0.1) is 0 Å². The van der Waals surface area contributed by atoms with Crippen LogP contribution in [0.3, 0.4) is 0 Å². The molecule has 0 amide bonds. The van der Waals surface area contributed by atoms with E-state index < -0.39 is 6.04 Å². The van der Waals surface area contributed by atoms with E-state index in [9.17, 15) is 9.59 Å². The van der Waals surface area contributed by atoms with Gasteiger partial charge in [-0.25, -0.2) is 4.79 Å². The number of ether oxygens (including phenoxy) is 2. The predicted octanol–water partition coefficient (Wildman–Crippen LogP) is 1.66. The van der Waals surface area contributed by atoms with Crippen LogP contribution in [-0.2, 0) is 14.3 Å². The fourth-order valence-electron chi connectivity index (χ4n) is 2.29. The molecule has 1 aromatic rings. The molecule has 0 N–H and O–H groups in total. The summed E-state index contributed by atoms with van der Waals surface area (Å²) < 4.78 is 10.1. The van der Waals surface area contributed by atoms with Crippen LogP contribution in [0.1, 0.15) is 23.7 Å². The second kappa shape index (κ2) is 6.52. The molecule has 0 radical (unpaired) electrons. The van der Waals surface area contributed by atoms with Gasteiger partial charge in [-0.2, -0.15) is 0 Å². The Morgan fingerprint density at radius 1 is 1.35 bits per heavy atom. The van der Waals surface area contributed by atoms with E-state index in [-0.39, 0.29) is 11.8 Å². The van der Waals surface area contributed by atoms with E-state index in [0.29, 0.717) is 31.7 Å². The minimum atomic E-state index is -0.429. The fraction of sp³-hybridized carbons (Fsp3) is 0.467. The Labute approximate surface area is 118 Å². The molecule has 1 heterocycles. The highest BCUT2D eigenvalue weighted by Crippen LogP contribution is 2.21. The van der Waals surface area contributed by atoms with E-state index in [1.165, 1.54) is 7.11 Å². The molecular formula is C15H19NO4. The number of rotatable bonds is 4. The fourth-order valence-corrected chi connectivity index (χ4v) is 2.29. The molecule has 1 aromatic carbocycles. The van der Waals surface area contributed by atoms with Crippen LogP contribution in [-0.4, -0.2) is 44.7 Å². The number of ketones is 1. The summed E-state index contributed by atoms with van der Waals surface area (Å²) >= 11 is 0. The first-order valence-corrected chi connectivity index (χ1v) is 6.72. The van der Waals surface area contributed by atoms with Gasteiger partial charge in [-0.1, -0.05) is 6.92 Å². The summed E-state index contributed by atoms with van der Waals surface area (Å²) in [4.78, 5) is 25.3. The number of carbonyl (C=O) groups excluding carboxylic acids is 2. The molecule has 5 heteroatoms. The molecule has 1 atom stereocenters. The SMILES string of the molecule is CCC(=O)c1ccc(N2CCOCC2C(=O)OC)cc1. The summed E-state index contributed by atoms with van der Waals surface area (Å²) in [6, 6.07) is 6.89. The van der Waals surface area contributed by atoms with Gasteiger partial charge in [0, 0.05) is 24.2 Å². The summed E-state index contributed by atoms with van der Waals surface area (Å²) in [6.07, 6.45) is 0.488. The minimum absolute atomic E-state index is 0.114. The summed E-state index contributed by atoms with van der Waals surface area (Å²) in [7, 11) is 1.37. The molecule has 0 aliphatic carbocycles. The number of Topliss-reactive ketones (excluding diaryl/α,β-unsaturated/α-hetero) is 1. The lowest BCUT2D eigenvalue weighted by Crippen LogP contribution is -2.50. The Hall–Kier alpha value is -1.88. The van der Waals surface area contributed by atoms with E-state index in [0.717, 1.165) is 5.69 Å². The van der Waals surface area contributed by atoms with Crippen LogP contribution >= 0.6 is 0 Å². The maximum atomic E-state index is 11.8. The maximum Gasteiger partial charge on any atom is 0.330 e. The van der Waals surface area contributed by atoms with Crippen LogP contribution in [0.25, 0.3) is 0 Å². The van der Waals surface area contributed by atoms with E-state index in [4.69, 9.17) is 9.47 Å². The summed E-state index contributed by atoms with van der Waals surface area (Å²) in [5, 5.41) is 0. The van der Waals surface area contributed by atoms with Crippen molar-refractivity contribution in [3.8, 4) is 0 Å². The van der Waals surface area contributed by atoms with Gasteiger partial charge in [-0.15, -0.1) is 0 Å². The lowest BCUT2D eigenvalue weighted by Gasteiger charge is -2.35. The van der Waals surface area contributed by atoms with Crippen LogP contribution < -0.4 is 4.90 Å². The van der Waals surface area contributed by atoms with Gasteiger partial charge in [0.25, 0.3) is 0 Å². The molecule has 1 saturated heterocycles. The zero-order chi connectivity index (χ0) is 14.5. The van der Waals surface area contributed by atoms with Crippen LogP contribution in [0.5, 0.6) is 0 Å². The number of benzene rings is 1. The van der Waals surface area contributed by atoms with Gasteiger partial charge in [0.1, 0.15) is 0 Å². The van der Waals surface area contributed by atoms with Crippen molar-refractivity contribution in [1.29, 1.82) is 0 Å². The predicted molar refractivity (Wildman–Crippen MR) is 75.0 cm³/mol. The molecule has 1 unspecified atom stereocenters. The Morgan fingerprint density at radius 2 is 2.05 bits per heavy atom. The highest BCUT2D eigenvalue weighted by Gasteiger charge is 2.30. The first-order chi connectivity index (χ1) is 9.67. The topological polar surface area (TPSA) is 55.8 Å². The van der Waals surface area contributed by atoms with Gasteiger partial charge in [-0.3, -0.25) is 4.79 Å². The van der Waals surface area contributed by atoms with Crippen molar-refractivity contribution in [1.82, 2.24) is 0 Å². The number of methoxy groups -OCH3 is 1. The van der Waals surface area contributed by atoms with Crippen molar-refractivity contribution >= 4 is 17.4 Å². The molecule has 0 saturated carbocycles. The van der Waals surface area contributed by atoms with Crippen LogP contribution in [0.2, 0.25) is 0 Å². The van der Waals surface area contributed by atoms with Crippen molar-refractivity contribution in [3.05, 3.63) is 29.8 Å². The number of morpholine rings is 1. The molecule has 1 aliphatic rings. The average Bonchev–Trinajstić information content (AvgIpc) is 2.53. The first kappa shape index (κ1) is 14.5. The molecule has 1 fully saturated rings. The van der Waals surface area contributed by atoms with E-state index in [2.05, 4.69) is 0 Å². The zero-order valence-electron chi connectivity index (χ0n) is 11.8. The third kappa shape index (κ3) is 2.99. The number of nitrogens with zero attached hydrogens (tertiary/aromatic N) is 1. The highest BCUT2D eigenvalue weighted by molar-refractivity contribution is 5.96. The summed E-state index contributed by atoms with van der Waals surface area (Å²) in [5.41, 5.74) is 1.59. The zero-order valence-corrected chi connectivity index (χ0v) is 11.8. The van der Waals surface area contributed by atoms with Crippen molar-refractivity contribution in [2.24, 2.45) is 0 Å². The van der Waals surface area contributed by atoms with Gasteiger partial charge >= 0.3 is 5.97 Å². The molecule has 20 heavy (non-hydrogen) atoms. The minimum Gasteiger partial charge on any atom is -0.467 e. The smallest absolute Gasteiger partial charge is 0.330 e. The number of esters is 1. The Morgan fingerprint density at radius 3 is 2.65 bits per heavy atom. The summed E-state index contributed by atoms with van der Waals surface area (Å²) in [5.74, 6) is -0.193. The number of anilines is 1. The van der Waals surface area contributed by atoms with Crippen LogP contribution in [0.4, 0.5) is 5.69 Å². The Kier molecular flexibility index (Phi) is 4.74. The third-order valence-electron chi connectivity index (χ3n) is 3.44. The second-order valence-corrected chi connectivity index (χ2v) is 4.63. The molecule has 0 aromatic heterocycles. The van der Waals surface area contributed by atoms with Crippen molar-refractivity contribution in [2.75, 3.05) is 31.8 Å². The normalized spacial score (nSPS) is 18.7. The van der Waals surface area contributed by atoms with Gasteiger partial charge in [0.15, 0.2) is 11.8 Å². The van der Waals surface area contributed by atoms with Crippen molar-refractivity contribution < 1.29 is 19.1 Å². The Balaban J connectivity index is 2.20. The molecule has 0 bridgehead atoms. The molecule has 0 spiro atoms. The highest BCUT2D eigenvalue weighted by atomic mass is 16.5. The lowest BCUT2D eigenvalue weighted by molar-refractivity contribution is -0.144. The second-order valence-electron chi connectivity index (χ2n) is 4.63. The maximum absolute atomic E-state index is 11.8. The van der Waals surface area contributed by atoms with E-state index in [1.54, 1.807) is 12.1 Å². The lowest BCUT2D eigenvalue weighted by atomic mass is 10.1. The van der Waals surface area contributed by atoms with Gasteiger partial charge in [-0.05, 0) is 24.3 Å². The number of carbonyl (C=O) groups is 2. The standard InChI is InChI=1S/C15H19NO4/c1-3-14(17)11-4-6-12(7-5-11)16-8-9-20-10-13(16)15(18)19-2/h4-7,13H,3,8-10H2,1-2H3. The van der Waals surface area contributed by atoms with Crippen molar-refractivity contribution in [3.63, 3.8) is 0 Å². The van der Waals surface area contributed by atoms with Crippen LogP contribution in [0.15, 0.2) is 24.3 Å². The van der Waals surface area contributed by atoms with Gasteiger partial charge in [0.2, 0.25) is 0 Å². The monoisotopic (exact) mass is 277 g/mol. The van der Waals surface area contributed by atoms with E-state index >= 15 is 0 Å². The molecule has 108 valence electrons. The Bertz CT molecular complexity index is 483. The average molecular weight is 277 g/mol. The van der Waals surface area contributed by atoms with Gasteiger partial charge in [0.05, 0.1) is 20.3 Å². The third-order valence-corrected chi connectivity index (χ3v) is 3.44. The molecule has 5 nitrogen and oxygen atoms in total. The quantitative estimate of drug-likeness (QED) is 0.619. The number of hydrogen-bond acceptors (Lipinski definition) is 5. The molecular weight excluding hydrogens is 258 g/mol. The summed E-state index contributed by atoms with van der Waals surface area (Å²) in [6.45, 7) is 3.36. The van der Waals surface area contributed by atoms with Gasteiger partial charge < -0.3 is 14.4 Å².